The van der Waals surface area contributed by atoms with Crippen molar-refractivity contribution in [3.05, 3.63) is 23.4 Å². The minimum Gasteiger partial charge on any atom is -0.385 e. The molecule has 1 aliphatic rings. The molecule has 0 amide bonds. The first-order valence-electron chi connectivity index (χ1n) is 6.63. The van der Waals surface area contributed by atoms with Crippen LogP contribution in [0.4, 0.5) is 5.82 Å². The number of hydrogen-bond donors (Lipinski definition) is 2. The largest absolute Gasteiger partial charge is 0.385 e. The molecule has 1 aromatic heterocycles. The molecule has 0 bridgehead atoms. The average molecular weight is 250 g/mol. The number of aliphatic hydroxyl groups excluding tert-OH is 1. The van der Waals surface area contributed by atoms with Gasteiger partial charge in [-0.2, -0.15) is 0 Å². The lowest BCUT2D eigenvalue weighted by atomic mass is 9.89. The van der Waals surface area contributed by atoms with Gasteiger partial charge in [-0.1, -0.05) is 12.8 Å². The molecule has 4 heteroatoms. The van der Waals surface area contributed by atoms with E-state index in [-0.39, 0.29) is 0 Å². The number of nitrogens with zero attached hydrogens (tertiary/aromatic N) is 1. The highest BCUT2D eigenvalue weighted by atomic mass is 16.5. The normalized spacial score (nSPS) is 19.9. The smallest absolute Gasteiger partial charge is 0.129 e. The number of aryl methyl sites for hydroxylation is 1. The summed E-state index contributed by atoms with van der Waals surface area (Å²) in [6.45, 7) is 4.52. The maximum absolute atomic E-state index is 10.7. The minimum absolute atomic E-state index is 0.402. The average Bonchev–Trinajstić information content (AvgIpc) is 2.82. The van der Waals surface area contributed by atoms with E-state index >= 15 is 0 Å². The van der Waals surface area contributed by atoms with Crippen molar-refractivity contribution in [2.75, 3.05) is 12.3 Å². The molecule has 1 heterocycles. The van der Waals surface area contributed by atoms with E-state index in [0.29, 0.717) is 18.0 Å². The summed E-state index contributed by atoms with van der Waals surface area (Å²) in [5, 5.41) is 10.7. The molecule has 100 valence electrons. The van der Waals surface area contributed by atoms with Crippen LogP contribution in [0.25, 0.3) is 0 Å². The van der Waals surface area contributed by atoms with Crippen LogP contribution in [0.3, 0.4) is 0 Å². The predicted octanol–water partition coefficient (Wildman–Crippen LogP) is 2.35. The molecule has 4 nitrogen and oxygen atoms in total. The zero-order valence-corrected chi connectivity index (χ0v) is 11.1. The Balaban J connectivity index is 2.33. The number of rotatable bonds is 4. The Kier molecular flexibility index (Phi) is 3.88. The lowest BCUT2D eigenvalue weighted by molar-refractivity contribution is -0.118. The van der Waals surface area contributed by atoms with Crippen LogP contribution in [-0.2, 0) is 4.74 Å². The molecule has 1 atom stereocenters. The zero-order chi connectivity index (χ0) is 13.2. The summed E-state index contributed by atoms with van der Waals surface area (Å²) >= 11 is 0. The predicted molar refractivity (Wildman–Crippen MR) is 71.2 cm³/mol. The van der Waals surface area contributed by atoms with E-state index in [4.69, 9.17) is 10.5 Å². The third kappa shape index (κ3) is 2.35. The second kappa shape index (κ2) is 5.24. The lowest BCUT2D eigenvalue weighted by Crippen LogP contribution is -2.37. The molecule has 0 saturated heterocycles. The highest BCUT2D eigenvalue weighted by Gasteiger charge is 2.43. The van der Waals surface area contributed by atoms with E-state index in [1.54, 1.807) is 6.20 Å². The van der Waals surface area contributed by atoms with Crippen LogP contribution >= 0.6 is 0 Å². The Hall–Kier alpha value is -1.13. The minimum atomic E-state index is -0.688. The molecular weight excluding hydrogens is 228 g/mol. The van der Waals surface area contributed by atoms with Gasteiger partial charge in [0.1, 0.15) is 11.9 Å². The van der Waals surface area contributed by atoms with E-state index in [0.717, 1.165) is 31.2 Å². The topological polar surface area (TPSA) is 68.4 Å². The maximum atomic E-state index is 10.7. The highest BCUT2D eigenvalue weighted by molar-refractivity contribution is 5.43. The van der Waals surface area contributed by atoms with Crippen LogP contribution in [-0.4, -0.2) is 22.3 Å². The number of ether oxygens (including phenoxy) is 1. The number of hydrogen-bond acceptors (Lipinski definition) is 4. The Morgan fingerprint density at radius 2 is 2.17 bits per heavy atom. The van der Waals surface area contributed by atoms with Crippen LogP contribution < -0.4 is 5.73 Å². The molecule has 0 spiro atoms. The van der Waals surface area contributed by atoms with Crippen LogP contribution in [0.5, 0.6) is 0 Å². The van der Waals surface area contributed by atoms with Crippen LogP contribution in [0, 0.1) is 6.92 Å². The maximum Gasteiger partial charge on any atom is 0.129 e. The van der Waals surface area contributed by atoms with Gasteiger partial charge in [-0.25, -0.2) is 4.98 Å². The van der Waals surface area contributed by atoms with E-state index in [2.05, 4.69) is 4.98 Å². The molecule has 0 aliphatic heterocycles. The SMILES string of the molecule is CCOC1(C(O)c2cc(C)cnc2N)CCCC1. The van der Waals surface area contributed by atoms with Gasteiger partial charge in [-0.05, 0) is 38.3 Å². The molecule has 3 N–H and O–H groups in total. The van der Waals surface area contributed by atoms with Gasteiger partial charge in [0, 0.05) is 18.4 Å². The van der Waals surface area contributed by atoms with Crippen molar-refractivity contribution in [1.82, 2.24) is 4.98 Å². The van der Waals surface area contributed by atoms with Crippen molar-refractivity contribution in [3.8, 4) is 0 Å². The molecule has 1 aliphatic carbocycles. The third-order valence-corrected chi connectivity index (χ3v) is 3.76. The summed E-state index contributed by atoms with van der Waals surface area (Å²) in [6.07, 6.45) is 4.98. The van der Waals surface area contributed by atoms with Gasteiger partial charge in [0.2, 0.25) is 0 Å². The molecule has 1 aromatic rings. The quantitative estimate of drug-likeness (QED) is 0.860. The molecule has 18 heavy (non-hydrogen) atoms. The number of pyridine rings is 1. The number of aromatic nitrogens is 1. The second-order valence-corrected chi connectivity index (χ2v) is 5.09. The van der Waals surface area contributed by atoms with E-state index in [1.165, 1.54) is 0 Å². The fraction of sp³-hybridized carbons (Fsp3) is 0.643. The fourth-order valence-electron chi connectivity index (χ4n) is 2.86. The van der Waals surface area contributed by atoms with Crippen molar-refractivity contribution >= 4 is 5.82 Å². The van der Waals surface area contributed by atoms with Crippen molar-refractivity contribution < 1.29 is 9.84 Å². The first kappa shape index (κ1) is 13.3. The molecule has 2 rings (SSSR count). The van der Waals surface area contributed by atoms with Gasteiger partial charge >= 0.3 is 0 Å². The Labute approximate surface area is 108 Å². The summed E-state index contributed by atoms with van der Waals surface area (Å²) in [5.74, 6) is 0.402. The molecule has 0 aromatic carbocycles. The molecule has 1 unspecified atom stereocenters. The zero-order valence-electron chi connectivity index (χ0n) is 11.1. The number of nitrogens with two attached hydrogens (primary N) is 1. The summed E-state index contributed by atoms with van der Waals surface area (Å²) in [5.41, 5.74) is 7.11. The first-order chi connectivity index (χ1) is 8.59. The van der Waals surface area contributed by atoms with Gasteiger partial charge in [0.25, 0.3) is 0 Å². The van der Waals surface area contributed by atoms with Crippen LogP contribution in [0.2, 0.25) is 0 Å². The number of anilines is 1. The number of aliphatic hydroxyl groups is 1. The Bertz CT molecular complexity index is 414. The van der Waals surface area contributed by atoms with Crippen molar-refractivity contribution in [1.29, 1.82) is 0 Å². The molecule has 0 radical (unpaired) electrons. The highest BCUT2D eigenvalue weighted by Crippen LogP contribution is 2.44. The summed E-state index contributed by atoms with van der Waals surface area (Å²) < 4.78 is 5.87. The fourth-order valence-corrected chi connectivity index (χ4v) is 2.86. The monoisotopic (exact) mass is 250 g/mol. The first-order valence-corrected chi connectivity index (χ1v) is 6.63. The van der Waals surface area contributed by atoms with Gasteiger partial charge in [-0.3, -0.25) is 0 Å². The van der Waals surface area contributed by atoms with E-state index in [9.17, 15) is 5.11 Å². The summed E-state index contributed by atoms with van der Waals surface area (Å²) in [4.78, 5) is 4.12. The van der Waals surface area contributed by atoms with Crippen molar-refractivity contribution in [3.63, 3.8) is 0 Å². The Morgan fingerprint density at radius 1 is 1.50 bits per heavy atom. The molecular formula is C14H22N2O2. The van der Waals surface area contributed by atoms with Crippen LogP contribution in [0.1, 0.15) is 49.8 Å². The van der Waals surface area contributed by atoms with Crippen LogP contribution in [0.15, 0.2) is 12.3 Å². The van der Waals surface area contributed by atoms with E-state index in [1.807, 2.05) is 19.9 Å². The second-order valence-electron chi connectivity index (χ2n) is 5.09. The summed E-state index contributed by atoms with van der Waals surface area (Å²) in [7, 11) is 0. The van der Waals surface area contributed by atoms with Gasteiger partial charge < -0.3 is 15.6 Å². The van der Waals surface area contributed by atoms with Crippen molar-refractivity contribution in [2.45, 2.75) is 51.2 Å². The standard InChI is InChI=1S/C14H22N2O2/c1-3-18-14(6-4-5-7-14)12(17)11-8-10(2)9-16-13(11)15/h8-9,12,17H,3-7H2,1-2H3,(H2,15,16). The van der Waals surface area contributed by atoms with Crippen molar-refractivity contribution in [2.24, 2.45) is 0 Å². The molecule has 1 fully saturated rings. The lowest BCUT2D eigenvalue weighted by Gasteiger charge is -2.34. The third-order valence-electron chi connectivity index (χ3n) is 3.76. The van der Waals surface area contributed by atoms with Gasteiger partial charge in [-0.15, -0.1) is 0 Å². The van der Waals surface area contributed by atoms with Gasteiger partial charge in [0.05, 0.1) is 5.60 Å². The summed E-state index contributed by atoms with van der Waals surface area (Å²) in [6, 6.07) is 1.91. The number of nitrogen functional groups attached to an aromatic ring is 1. The van der Waals surface area contributed by atoms with Gasteiger partial charge in [0.15, 0.2) is 0 Å². The molecule has 1 saturated carbocycles. The Morgan fingerprint density at radius 3 is 2.78 bits per heavy atom. The van der Waals surface area contributed by atoms with E-state index < -0.39 is 11.7 Å².